The number of halogens is 3. The molecule has 6 heteroatoms. The van der Waals surface area contributed by atoms with Crippen molar-refractivity contribution in [2.45, 2.75) is 22.9 Å². The number of alkyl halides is 3. The first kappa shape index (κ1) is 13.2. The summed E-state index contributed by atoms with van der Waals surface area (Å²) < 4.78 is 41.9. The van der Waals surface area contributed by atoms with E-state index in [1.807, 2.05) is 0 Å². The number of rotatable bonds is 2. The Balaban J connectivity index is 2.11. The number of hydrogen-bond acceptors (Lipinski definition) is 3. The average Bonchev–Trinajstić information content (AvgIpc) is 2.76. The number of nitriles is 1. The molecule has 1 heterocycles. The van der Waals surface area contributed by atoms with Crippen molar-refractivity contribution in [2.75, 3.05) is 6.61 Å². The van der Waals surface area contributed by atoms with Gasteiger partial charge in [0.15, 0.2) is 0 Å². The van der Waals surface area contributed by atoms with E-state index in [2.05, 4.69) is 6.07 Å². The van der Waals surface area contributed by atoms with Gasteiger partial charge in [-0.05, 0) is 35.9 Å². The van der Waals surface area contributed by atoms with Gasteiger partial charge in [0.2, 0.25) is 0 Å². The number of benzene rings is 1. The maximum Gasteiger partial charge on any atom is 0.446 e. The van der Waals surface area contributed by atoms with Gasteiger partial charge in [0.05, 0.1) is 18.1 Å². The van der Waals surface area contributed by atoms with Crippen molar-refractivity contribution in [3.63, 3.8) is 0 Å². The van der Waals surface area contributed by atoms with Gasteiger partial charge in [0, 0.05) is 11.5 Å². The number of ether oxygens (including phenoxy) is 1. The Labute approximate surface area is 107 Å². The molecule has 0 amide bonds. The van der Waals surface area contributed by atoms with E-state index in [9.17, 15) is 13.2 Å². The van der Waals surface area contributed by atoms with Crippen LogP contribution in [-0.2, 0) is 4.74 Å². The molecule has 18 heavy (non-hydrogen) atoms. The summed E-state index contributed by atoms with van der Waals surface area (Å²) in [6.45, 7) is 0.516. The predicted octanol–water partition coefficient (Wildman–Crippen LogP) is 3.90. The summed E-state index contributed by atoms with van der Waals surface area (Å²) in [7, 11) is 0. The summed E-state index contributed by atoms with van der Waals surface area (Å²) in [5.41, 5.74) is -3.52. The van der Waals surface area contributed by atoms with Gasteiger partial charge in [-0.3, -0.25) is 0 Å². The van der Waals surface area contributed by atoms with Crippen LogP contribution in [0.5, 0.6) is 0 Å². The van der Waals surface area contributed by atoms with E-state index in [0.717, 1.165) is 5.56 Å². The van der Waals surface area contributed by atoms with E-state index in [4.69, 9.17) is 10.00 Å². The minimum absolute atomic E-state index is 0.137. The number of nitrogens with zero attached hydrogens (tertiary/aromatic N) is 1. The van der Waals surface area contributed by atoms with Crippen molar-refractivity contribution in [1.82, 2.24) is 0 Å². The molecule has 0 radical (unpaired) electrons. The summed E-state index contributed by atoms with van der Waals surface area (Å²) in [4.78, 5) is 0.137. The van der Waals surface area contributed by atoms with Crippen LogP contribution in [0.3, 0.4) is 0 Å². The van der Waals surface area contributed by atoms with Crippen molar-refractivity contribution in [2.24, 2.45) is 5.92 Å². The zero-order chi connectivity index (χ0) is 13.2. The molecule has 0 aromatic heterocycles. The molecule has 2 rings (SSSR count). The average molecular weight is 273 g/mol. The number of thioether (sulfide) groups is 1. The molecule has 0 saturated carbocycles. The zero-order valence-corrected chi connectivity index (χ0v) is 10.1. The van der Waals surface area contributed by atoms with Crippen LogP contribution >= 0.6 is 11.8 Å². The minimum atomic E-state index is -4.28. The Kier molecular flexibility index (Phi) is 3.83. The lowest BCUT2D eigenvalue weighted by atomic mass is 9.97. The predicted molar refractivity (Wildman–Crippen MR) is 60.8 cm³/mol. The Hall–Kier alpha value is -1.19. The summed E-state index contributed by atoms with van der Waals surface area (Å²) >= 11 is -0.147. The van der Waals surface area contributed by atoms with E-state index in [1.165, 1.54) is 12.1 Å². The highest BCUT2D eigenvalue weighted by atomic mass is 32.2. The van der Waals surface area contributed by atoms with Gasteiger partial charge in [0.1, 0.15) is 0 Å². The van der Waals surface area contributed by atoms with E-state index in [-0.39, 0.29) is 28.7 Å². The normalized spacial score (nSPS) is 23.9. The highest BCUT2D eigenvalue weighted by molar-refractivity contribution is 8.00. The smallest absolute Gasteiger partial charge is 0.372 e. The van der Waals surface area contributed by atoms with Crippen LogP contribution in [0.1, 0.15) is 18.1 Å². The van der Waals surface area contributed by atoms with Crippen molar-refractivity contribution in [3.05, 3.63) is 29.8 Å². The van der Waals surface area contributed by atoms with E-state index >= 15 is 0 Å². The molecule has 0 N–H and O–H groups in total. The third kappa shape index (κ3) is 3.18. The van der Waals surface area contributed by atoms with Crippen LogP contribution in [-0.4, -0.2) is 12.1 Å². The fraction of sp³-hybridized carbons (Fsp3) is 0.417. The summed E-state index contributed by atoms with van der Waals surface area (Å²) in [6, 6.07) is 8.15. The lowest BCUT2D eigenvalue weighted by molar-refractivity contribution is -0.0328. The SMILES string of the molecule is N#CC1CCOC1c1ccc(SC(F)(F)F)cc1. The second-order valence-corrected chi connectivity index (χ2v) is 5.07. The highest BCUT2D eigenvalue weighted by Crippen LogP contribution is 2.39. The lowest BCUT2D eigenvalue weighted by Crippen LogP contribution is -2.05. The second kappa shape index (κ2) is 5.21. The quantitative estimate of drug-likeness (QED) is 0.766. The molecule has 1 aliphatic rings. The van der Waals surface area contributed by atoms with E-state index in [0.29, 0.717) is 13.0 Å². The van der Waals surface area contributed by atoms with Crippen molar-refractivity contribution < 1.29 is 17.9 Å². The molecular weight excluding hydrogens is 263 g/mol. The summed E-state index contributed by atoms with van der Waals surface area (Å²) in [5, 5.41) is 8.92. The molecule has 1 aliphatic heterocycles. The Morgan fingerprint density at radius 1 is 1.28 bits per heavy atom. The Morgan fingerprint density at radius 2 is 1.94 bits per heavy atom. The number of hydrogen-bond donors (Lipinski definition) is 0. The second-order valence-electron chi connectivity index (χ2n) is 3.93. The third-order valence-corrected chi connectivity index (χ3v) is 3.44. The van der Waals surface area contributed by atoms with Gasteiger partial charge < -0.3 is 4.74 Å². The monoisotopic (exact) mass is 273 g/mol. The van der Waals surface area contributed by atoms with Gasteiger partial charge in [0.25, 0.3) is 0 Å². The molecule has 2 atom stereocenters. The molecule has 1 aromatic rings. The van der Waals surface area contributed by atoms with E-state index in [1.54, 1.807) is 12.1 Å². The van der Waals surface area contributed by atoms with Crippen LogP contribution < -0.4 is 0 Å². The van der Waals surface area contributed by atoms with Gasteiger partial charge in [-0.15, -0.1) is 0 Å². The molecule has 1 saturated heterocycles. The topological polar surface area (TPSA) is 33.0 Å². The van der Waals surface area contributed by atoms with Crippen LogP contribution in [0.25, 0.3) is 0 Å². The first-order chi connectivity index (χ1) is 8.49. The fourth-order valence-electron chi connectivity index (χ4n) is 1.91. The Bertz CT molecular complexity index is 452. The molecular formula is C12H10F3NOS. The van der Waals surface area contributed by atoms with Crippen molar-refractivity contribution in [1.29, 1.82) is 5.26 Å². The molecule has 2 nitrogen and oxygen atoms in total. The van der Waals surface area contributed by atoms with Gasteiger partial charge in [-0.1, -0.05) is 12.1 Å². The van der Waals surface area contributed by atoms with Crippen LogP contribution in [0, 0.1) is 17.2 Å². The molecule has 0 spiro atoms. The summed E-state index contributed by atoms with van der Waals surface area (Å²) in [6.07, 6.45) is 0.347. The molecule has 0 aliphatic carbocycles. The maximum atomic E-state index is 12.2. The molecule has 1 aromatic carbocycles. The van der Waals surface area contributed by atoms with Gasteiger partial charge in [-0.25, -0.2) is 0 Å². The molecule has 96 valence electrons. The first-order valence-corrected chi connectivity index (χ1v) is 6.18. The first-order valence-electron chi connectivity index (χ1n) is 5.36. The highest BCUT2D eigenvalue weighted by Gasteiger charge is 2.31. The van der Waals surface area contributed by atoms with Crippen molar-refractivity contribution >= 4 is 11.8 Å². The third-order valence-electron chi connectivity index (χ3n) is 2.70. The van der Waals surface area contributed by atoms with Gasteiger partial charge >= 0.3 is 5.51 Å². The van der Waals surface area contributed by atoms with Crippen molar-refractivity contribution in [3.8, 4) is 6.07 Å². The standard InChI is InChI=1S/C12H10F3NOS/c13-12(14,15)18-10-3-1-8(2-4-10)11-9(7-16)5-6-17-11/h1-4,9,11H,5-6H2. The minimum Gasteiger partial charge on any atom is -0.372 e. The van der Waals surface area contributed by atoms with E-state index < -0.39 is 5.51 Å². The zero-order valence-electron chi connectivity index (χ0n) is 9.28. The van der Waals surface area contributed by atoms with Gasteiger partial charge in [-0.2, -0.15) is 18.4 Å². The molecule has 2 unspecified atom stereocenters. The lowest BCUT2D eigenvalue weighted by Gasteiger charge is -2.13. The maximum absolute atomic E-state index is 12.2. The fourth-order valence-corrected chi connectivity index (χ4v) is 2.45. The molecule has 1 fully saturated rings. The van der Waals surface area contributed by atoms with Crippen LogP contribution in [0.2, 0.25) is 0 Å². The summed E-state index contributed by atoms with van der Waals surface area (Å²) in [5.74, 6) is -0.217. The molecule has 0 bridgehead atoms. The van der Waals surface area contributed by atoms with Crippen LogP contribution in [0.4, 0.5) is 13.2 Å². The Morgan fingerprint density at radius 3 is 2.50 bits per heavy atom. The van der Waals surface area contributed by atoms with Crippen LogP contribution in [0.15, 0.2) is 29.2 Å². The largest absolute Gasteiger partial charge is 0.446 e.